The molecule has 0 spiro atoms. The molecule has 0 amide bonds. The largest absolute Gasteiger partial charge is 3.00 e. The van der Waals surface area contributed by atoms with E-state index in [1.54, 1.807) is 12.1 Å². The maximum absolute atomic E-state index is 10.4. The second-order valence-corrected chi connectivity index (χ2v) is 7.23. The van der Waals surface area contributed by atoms with Crippen molar-refractivity contribution < 1.29 is 64.5 Å². The third kappa shape index (κ3) is 6.88. The maximum Gasteiger partial charge on any atom is 3.00 e. The molecule has 178 valence electrons. The Hall–Kier alpha value is -2.27. The van der Waals surface area contributed by atoms with E-state index in [0.29, 0.717) is 33.9 Å². The molecule has 0 aliphatic carbocycles. The number of nitrogens with zero attached hydrogens (tertiary/aromatic N) is 2. The molecule has 0 saturated heterocycles. The van der Waals surface area contributed by atoms with Gasteiger partial charge in [0.05, 0.1) is 22.8 Å². The summed E-state index contributed by atoms with van der Waals surface area (Å²) in [5, 5.41) is 20.8. The molecule has 0 radical (unpaired) electrons. The van der Waals surface area contributed by atoms with Gasteiger partial charge in [-0.25, -0.2) is 9.97 Å². The first-order valence-corrected chi connectivity index (χ1v) is 10.2. The molecule has 8 heteroatoms. The Morgan fingerprint density at radius 1 is 0.559 bits per heavy atom. The van der Waals surface area contributed by atoms with Crippen LogP contribution in [-0.2, 0) is 29.9 Å². The molecule has 0 unspecified atom stereocenters. The van der Waals surface area contributed by atoms with E-state index in [1.807, 2.05) is 60.7 Å². The first kappa shape index (κ1) is 31.7. The molecule has 0 saturated carbocycles. The number of aryl methyl sites for hydroxylation is 2. The van der Waals surface area contributed by atoms with Crippen LogP contribution < -0.4 is 37.2 Å². The Kier molecular flexibility index (Phi) is 13.3. The summed E-state index contributed by atoms with van der Waals surface area (Å²) in [6, 6.07) is 22.7. The number of halogens is 3. The van der Waals surface area contributed by atoms with E-state index >= 15 is 0 Å². The topological polar surface area (TPSA) is 66.2 Å². The summed E-state index contributed by atoms with van der Waals surface area (Å²) < 4.78 is 0. The number of rotatable bonds is 5. The second-order valence-electron chi connectivity index (χ2n) is 7.23. The monoisotopic (exact) mass is 556 g/mol. The van der Waals surface area contributed by atoms with E-state index in [9.17, 15) is 10.2 Å². The van der Waals surface area contributed by atoms with Crippen molar-refractivity contribution in [1.82, 2.24) is 9.97 Å². The predicted molar refractivity (Wildman–Crippen MR) is 120 cm³/mol. The second kappa shape index (κ2) is 14.2. The van der Waals surface area contributed by atoms with Gasteiger partial charge in [0.15, 0.2) is 0 Å². The Bertz CT molecular complexity index is 1130. The summed E-state index contributed by atoms with van der Waals surface area (Å²) in [6.07, 6.45) is 1.73. The van der Waals surface area contributed by atoms with E-state index in [2.05, 4.69) is 13.8 Å². The zero-order chi connectivity index (χ0) is 21.1. The molecule has 2 N–H and O–H groups in total. The SMILES string of the molecule is CCc1ccc(-c2cccc(-c3cccc(-c4ccc(CC)cc4O)n3)n2)c(O)c1.[Cl-].[Cl-].[Cl-].[Mn+3]. The Balaban J connectivity index is 0.00000272. The van der Waals surface area contributed by atoms with E-state index in [0.717, 1.165) is 24.0 Å². The van der Waals surface area contributed by atoms with Crippen molar-refractivity contribution in [3.05, 3.63) is 83.9 Å². The number of aromatic hydroxyl groups is 2. The van der Waals surface area contributed by atoms with Crippen molar-refractivity contribution >= 4 is 0 Å². The van der Waals surface area contributed by atoms with Gasteiger partial charge in [0.2, 0.25) is 0 Å². The average molecular weight is 558 g/mol. The molecular formula is C26H24Cl3MnN2O2. The number of phenols is 2. The van der Waals surface area contributed by atoms with Crippen LogP contribution in [0, 0.1) is 0 Å². The minimum atomic E-state index is 0. The van der Waals surface area contributed by atoms with Crippen LogP contribution in [0.25, 0.3) is 33.9 Å². The smallest absolute Gasteiger partial charge is 1.00 e. The molecule has 0 bridgehead atoms. The number of aromatic nitrogens is 2. The van der Waals surface area contributed by atoms with Gasteiger partial charge in [0.25, 0.3) is 0 Å². The van der Waals surface area contributed by atoms with Crippen molar-refractivity contribution in [1.29, 1.82) is 0 Å². The molecule has 0 aliphatic rings. The van der Waals surface area contributed by atoms with E-state index in [4.69, 9.17) is 9.97 Å². The van der Waals surface area contributed by atoms with Gasteiger partial charge in [-0.15, -0.1) is 0 Å². The van der Waals surface area contributed by atoms with Gasteiger partial charge in [-0.3, -0.25) is 0 Å². The predicted octanol–water partition coefficient (Wildman–Crippen LogP) is -2.98. The first-order valence-electron chi connectivity index (χ1n) is 10.2. The number of hydrogen-bond acceptors (Lipinski definition) is 4. The molecule has 34 heavy (non-hydrogen) atoms. The van der Waals surface area contributed by atoms with E-state index in [1.165, 1.54) is 0 Å². The van der Waals surface area contributed by atoms with Crippen LogP contribution in [0.2, 0.25) is 0 Å². The standard InChI is InChI=1S/C26H24N2O2.3ClH.Mn/c1-3-17-11-13-19(25(29)15-17)21-7-5-9-23(27-21)24-10-6-8-22(28-24)20-14-12-18(4-2)16-26(20)30;;;;/h5-16,29-30H,3-4H2,1-2H3;3*1H;/q;;;;+3/p-3. The molecule has 2 heterocycles. The number of hydrogen-bond donors (Lipinski definition) is 2. The van der Waals surface area contributed by atoms with Gasteiger partial charge < -0.3 is 47.4 Å². The molecule has 0 fully saturated rings. The van der Waals surface area contributed by atoms with E-state index < -0.39 is 0 Å². The zero-order valence-electron chi connectivity index (χ0n) is 18.6. The zero-order valence-corrected chi connectivity index (χ0v) is 22.1. The fourth-order valence-electron chi connectivity index (χ4n) is 3.48. The third-order valence-corrected chi connectivity index (χ3v) is 5.25. The summed E-state index contributed by atoms with van der Waals surface area (Å²) in [6.45, 7) is 4.11. The molecule has 2 aromatic carbocycles. The van der Waals surface area contributed by atoms with Gasteiger partial charge in [0, 0.05) is 11.1 Å². The van der Waals surface area contributed by atoms with Gasteiger partial charge in [-0.1, -0.05) is 38.1 Å². The Labute approximate surface area is 229 Å². The third-order valence-electron chi connectivity index (χ3n) is 5.25. The van der Waals surface area contributed by atoms with Crippen LogP contribution in [0.4, 0.5) is 0 Å². The van der Waals surface area contributed by atoms with Gasteiger partial charge >= 0.3 is 17.1 Å². The summed E-state index contributed by atoms with van der Waals surface area (Å²) in [7, 11) is 0. The molecule has 0 aliphatic heterocycles. The van der Waals surface area contributed by atoms with Crippen LogP contribution in [0.15, 0.2) is 72.8 Å². The van der Waals surface area contributed by atoms with Crippen LogP contribution in [-0.4, -0.2) is 20.2 Å². The average Bonchev–Trinajstić information content (AvgIpc) is 2.79. The number of pyridine rings is 2. The van der Waals surface area contributed by atoms with Crippen LogP contribution in [0.3, 0.4) is 0 Å². The Morgan fingerprint density at radius 2 is 0.912 bits per heavy atom. The molecular weight excluding hydrogens is 534 g/mol. The fraction of sp³-hybridized carbons (Fsp3) is 0.154. The van der Waals surface area contributed by atoms with Crippen molar-refractivity contribution in [3.63, 3.8) is 0 Å². The quantitative estimate of drug-likeness (QED) is 0.257. The van der Waals surface area contributed by atoms with E-state index in [-0.39, 0.29) is 65.8 Å². The summed E-state index contributed by atoms with van der Waals surface area (Å²) >= 11 is 0. The molecule has 2 aromatic heterocycles. The van der Waals surface area contributed by atoms with Crippen molar-refractivity contribution in [3.8, 4) is 45.4 Å². The van der Waals surface area contributed by atoms with Gasteiger partial charge in [-0.05, 0) is 72.5 Å². The maximum atomic E-state index is 10.4. The molecule has 4 rings (SSSR count). The normalized spacial score (nSPS) is 9.59. The van der Waals surface area contributed by atoms with Crippen LogP contribution in [0.1, 0.15) is 25.0 Å². The van der Waals surface area contributed by atoms with Crippen molar-refractivity contribution in [2.45, 2.75) is 26.7 Å². The minimum absolute atomic E-state index is 0. The van der Waals surface area contributed by atoms with Crippen molar-refractivity contribution in [2.75, 3.05) is 0 Å². The van der Waals surface area contributed by atoms with Crippen LogP contribution >= 0.6 is 0 Å². The molecule has 4 nitrogen and oxygen atoms in total. The Morgan fingerprint density at radius 3 is 1.24 bits per heavy atom. The van der Waals surface area contributed by atoms with Crippen LogP contribution in [0.5, 0.6) is 11.5 Å². The molecule has 0 atom stereocenters. The molecule has 4 aromatic rings. The summed E-state index contributed by atoms with van der Waals surface area (Å²) in [5.74, 6) is 0.447. The summed E-state index contributed by atoms with van der Waals surface area (Å²) in [5.41, 5.74) is 6.34. The van der Waals surface area contributed by atoms with Gasteiger partial charge in [0.1, 0.15) is 11.5 Å². The van der Waals surface area contributed by atoms with Gasteiger partial charge in [-0.2, -0.15) is 0 Å². The number of benzene rings is 2. The first-order chi connectivity index (χ1) is 14.6. The minimum Gasteiger partial charge on any atom is -1.00 e. The number of phenolic OH excluding ortho intramolecular Hbond substituents is 2. The fourth-order valence-corrected chi connectivity index (χ4v) is 3.48. The van der Waals surface area contributed by atoms with Crippen molar-refractivity contribution in [2.24, 2.45) is 0 Å². The summed E-state index contributed by atoms with van der Waals surface area (Å²) in [4.78, 5) is 9.46.